The molecule has 0 amide bonds. The van der Waals surface area contributed by atoms with Crippen molar-refractivity contribution in [1.29, 1.82) is 0 Å². The molecular formula is C17H22N6S. The molecule has 0 N–H and O–H groups in total. The van der Waals surface area contributed by atoms with Gasteiger partial charge in [-0.2, -0.15) is 15.9 Å². The Labute approximate surface area is 145 Å². The summed E-state index contributed by atoms with van der Waals surface area (Å²) in [6, 6.07) is 6.61. The number of piperazine rings is 1. The highest BCUT2D eigenvalue weighted by Crippen LogP contribution is 2.25. The van der Waals surface area contributed by atoms with Crippen LogP contribution < -0.4 is 4.90 Å². The number of hydrogen-bond acceptors (Lipinski definition) is 6. The van der Waals surface area contributed by atoms with Crippen molar-refractivity contribution >= 4 is 22.8 Å². The van der Waals surface area contributed by atoms with Crippen molar-refractivity contribution in [2.45, 2.75) is 19.9 Å². The third kappa shape index (κ3) is 2.67. The van der Waals surface area contributed by atoms with Gasteiger partial charge in [0, 0.05) is 36.6 Å². The molecule has 4 rings (SSSR count). The van der Waals surface area contributed by atoms with Crippen LogP contribution in [0.25, 0.3) is 17.0 Å². The number of thiophene rings is 1. The van der Waals surface area contributed by atoms with E-state index in [9.17, 15) is 0 Å². The number of likely N-dealkylation sites (N-methyl/N-ethyl adjacent to an activating group) is 1. The Balaban J connectivity index is 1.75. The Bertz CT molecular complexity index is 825. The Kier molecular flexibility index (Phi) is 3.97. The second-order valence-corrected chi connectivity index (χ2v) is 7.54. The van der Waals surface area contributed by atoms with E-state index in [-0.39, 0.29) is 0 Å². The van der Waals surface area contributed by atoms with Gasteiger partial charge in [-0.1, -0.05) is 13.8 Å². The molecule has 1 unspecified atom stereocenters. The first-order valence-corrected chi connectivity index (χ1v) is 9.28. The maximum atomic E-state index is 4.88. The van der Waals surface area contributed by atoms with Crippen LogP contribution in [0, 0.1) is 5.92 Å². The lowest BCUT2D eigenvalue weighted by molar-refractivity contribution is 0.235. The summed E-state index contributed by atoms with van der Waals surface area (Å²) in [6.07, 6.45) is 0. The second-order valence-electron chi connectivity index (χ2n) is 6.76. The average Bonchev–Trinajstić information content (AvgIpc) is 3.23. The number of hydrogen-bond donors (Lipinski definition) is 0. The van der Waals surface area contributed by atoms with E-state index in [1.165, 1.54) is 0 Å². The molecule has 24 heavy (non-hydrogen) atoms. The highest BCUT2D eigenvalue weighted by atomic mass is 32.1. The molecule has 0 bridgehead atoms. The molecule has 1 fully saturated rings. The number of fused-ring (bicyclic) bond motifs is 1. The van der Waals surface area contributed by atoms with E-state index in [4.69, 9.17) is 5.10 Å². The first-order valence-electron chi connectivity index (χ1n) is 8.33. The van der Waals surface area contributed by atoms with Crippen LogP contribution in [0.15, 0.2) is 29.0 Å². The Hall–Kier alpha value is -1.99. The Morgan fingerprint density at radius 1 is 1.17 bits per heavy atom. The van der Waals surface area contributed by atoms with Gasteiger partial charge in [0.2, 0.25) is 0 Å². The highest BCUT2D eigenvalue weighted by molar-refractivity contribution is 7.08. The molecule has 1 atom stereocenters. The SMILES string of the molecule is CC(C)C1CN(C)CCN1c1ccc2nnc(-c3ccsc3)n2n1. The van der Waals surface area contributed by atoms with E-state index in [0.29, 0.717) is 12.0 Å². The molecule has 6 nitrogen and oxygen atoms in total. The maximum Gasteiger partial charge on any atom is 0.186 e. The van der Waals surface area contributed by atoms with Gasteiger partial charge < -0.3 is 9.80 Å². The smallest absolute Gasteiger partial charge is 0.186 e. The van der Waals surface area contributed by atoms with Gasteiger partial charge in [-0.25, -0.2) is 0 Å². The monoisotopic (exact) mass is 342 g/mol. The standard InChI is InChI=1S/C17H22N6S/c1-12(2)14-10-21(3)7-8-22(14)16-5-4-15-18-19-17(23(15)20-16)13-6-9-24-11-13/h4-6,9,11-12,14H,7-8,10H2,1-3H3. The number of rotatable bonds is 3. The Morgan fingerprint density at radius 3 is 2.79 bits per heavy atom. The zero-order chi connectivity index (χ0) is 16.7. The topological polar surface area (TPSA) is 49.6 Å². The number of aromatic nitrogens is 4. The number of anilines is 1. The molecule has 0 radical (unpaired) electrons. The van der Waals surface area contributed by atoms with Crippen molar-refractivity contribution in [3.05, 3.63) is 29.0 Å². The van der Waals surface area contributed by atoms with Crippen molar-refractivity contribution in [2.75, 3.05) is 31.6 Å². The van der Waals surface area contributed by atoms with E-state index in [0.717, 1.165) is 42.5 Å². The molecule has 0 aromatic carbocycles. The molecule has 3 aromatic rings. The quantitative estimate of drug-likeness (QED) is 0.732. The largest absolute Gasteiger partial charge is 0.349 e. The first-order chi connectivity index (χ1) is 11.6. The fraction of sp³-hybridized carbons (Fsp3) is 0.471. The predicted octanol–water partition coefficient (Wildman–Crippen LogP) is 2.63. The third-order valence-corrected chi connectivity index (χ3v) is 5.40. The van der Waals surface area contributed by atoms with Gasteiger partial charge in [0.05, 0.1) is 0 Å². The van der Waals surface area contributed by atoms with Crippen LogP contribution in [-0.4, -0.2) is 57.4 Å². The minimum absolute atomic E-state index is 0.467. The molecule has 0 saturated carbocycles. The lowest BCUT2D eigenvalue weighted by atomic mass is 10.00. The van der Waals surface area contributed by atoms with Crippen LogP contribution in [-0.2, 0) is 0 Å². The van der Waals surface area contributed by atoms with Gasteiger partial charge in [-0.05, 0) is 36.5 Å². The second kappa shape index (κ2) is 6.14. The van der Waals surface area contributed by atoms with Crippen LogP contribution >= 0.6 is 11.3 Å². The summed E-state index contributed by atoms with van der Waals surface area (Å²) in [7, 11) is 2.19. The maximum absolute atomic E-state index is 4.88. The third-order valence-electron chi connectivity index (χ3n) is 4.71. The van der Waals surface area contributed by atoms with Crippen LogP contribution in [0.3, 0.4) is 0 Å². The molecule has 1 aliphatic heterocycles. The van der Waals surface area contributed by atoms with Crippen LogP contribution in [0.5, 0.6) is 0 Å². The van der Waals surface area contributed by atoms with Crippen molar-refractivity contribution in [3.8, 4) is 11.4 Å². The number of nitrogens with zero attached hydrogens (tertiary/aromatic N) is 6. The van der Waals surface area contributed by atoms with E-state index in [2.05, 4.69) is 63.8 Å². The zero-order valence-corrected chi connectivity index (χ0v) is 15.1. The normalized spacial score (nSPS) is 19.5. The van der Waals surface area contributed by atoms with E-state index < -0.39 is 0 Å². The molecule has 1 saturated heterocycles. The molecule has 3 aromatic heterocycles. The van der Waals surface area contributed by atoms with Gasteiger partial charge in [0.1, 0.15) is 5.82 Å². The molecule has 4 heterocycles. The van der Waals surface area contributed by atoms with Gasteiger partial charge >= 0.3 is 0 Å². The summed E-state index contributed by atoms with van der Waals surface area (Å²) >= 11 is 1.66. The van der Waals surface area contributed by atoms with Crippen molar-refractivity contribution in [1.82, 2.24) is 24.7 Å². The van der Waals surface area contributed by atoms with Crippen LogP contribution in [0.2, 0.25) is 0 Å². The molecule has 0 aliphatic carbocycles. The van der Waals surface area contributed by atoms with E-state index >= 15 is 0 Å². The van der Waals surface area contributed by atoms with Gasteiger partial charge in [-0.15, -0.1) is 15.3 Å². The van der Waals surface area contributed by atoms with E-state index in [1.54, 1.807) is 11.3 Å². The minimum Gasteiger partial charge on any atom is -0.349 e. The fourth-order valence-corrected chi connectivity index (χ4v) is 3.95. The van der Waals surface area contributed by atoms with Crippen molar-refractivity contribution < 1.29 is 0 Å². The summed E-state index contributed by atoms with van der Waals surface area (Å²) in [6.45, 7) is 7.68. The van der Waals surface area contributed by atoms with Gasteiger partial charge in [-0.3, -0.25) is 0 Å². The highest BCUT2D eigenvalue weighted by Gasteiger charge is 2.29. The molecular weight excluding hydrogens is 320 g/mol. The summed E-state index contributed by atoms with van der Waals surface area (Å²) in [4.78, 5) is 4.83. The minimum atomic E-state index is 0.467. The summed E-state index contributed by atoms with van der Waals surface area (Å²) in [5.41, 5.74) is 1.85. The van der Waals surface area contributed by atoms with Crippen molar-refractivity contribution in [3.63, 3.8) is 0 Å². The molecule has 126 valence electrons. The fourth-order valence-electron chi connectivity index (χ4n) is 3.31. The predicted molar refractivity (Wildman–Crippen MR) is 97.6 cm³/mol. The Morgan fingerprint density at radius 2 is 2.04 bits per heavy atom. The van der Waals surface area contributed by atoms with Crippen molar-refractivity contribution in [2.24, 2.45) is 5.92 Å². The molecule has 7 heteroatoms. The van der Waals surface area contributed by atoms with Gasteiger partial charge in [0.25, 0.3) is 0 Å². The summed E-state index contributed by atoms with van der Waals surface area (Å²) < 4.78 is 1.87. The molecule has 0 spiro atoms. The lowest BCUT2D eigenvalue weighted by Gasteiger charge is -2.42. The zero-order valence-electron chi connectivity index (χ0n) is 14.3. The molecule has 1 aliphatic rings. The lowest BCUT2D eigenvalue weighted by Crippen LogP contribution is -2.54. The summed E-state index contributed by atoms with van der Waals surface area (Å²) in [5.74, 6) is 2.39. The van der Waals surface area contributed by atoms with Crippen LogP contribution in [0.1, 0.15) is 13.8 Å². The summed E-state index contributed by atoms with van der Waals surface area (Å²) in [5, 5.41) is 17.6. The average molecular weight is 342 g/mol. The van der Waals surface area contributed by atoms with Gasteiger partial charge in [0.15, 0.2) is 11.5 Å². The van der Waals surface area contributed by atoms with Crippen LogP contribution in [0.4, 0.5) is 5.82 Å². The van der Waals surface area contributed by atoms with E-state index in [1.807, 2.05) is 10.6 Å². The first kappa shape index (κ1) is 15.5.